The molecule has 23 heteroatoms. The van der Waals surface area contributed by atoms with Gasteiger partial charge in [0.25, 0.3) is 5.69 Å². The van der Waals surface area contributed by atoms with Crippen molar-refractivity contribution in [3.05, 3.63) is 39.9 Å². The average Bonchev–Trinajstić information content (AvgIpc) is 3.39. The van der Waals surface area contributed by atoms with E-state index in [1.165, 1.54) is 23.4 Å². The van der Waals surface area contributed by atoms with Gasteiger partial charge in [0.05, 0.1) is 17.6 Å². The molecule has 1 aromatic rings. The molecule has 1 aromatic carbocycles. The SMILES string of the molecule is NC1(Cc2ccccc2[N+](=O)[O-])N=CN=C2C1=NCN2[C@H]1C[C@H](O)[C@@H](COP(=O)(O)OP(=O)(O)OP(=O)(O)O)O1. The fourth-order valence-electron chi connectivity index (χ4n) is 4.15. The summed E-state index contributed by atoms with van der Waals surface area (Å²) in [6.45, 7) is -0.900. The molecule has 1 fully saturated rings. The molecule has 220 valence electrons. The van der Waals surface area contributed by atoms with Crippen LogP contribution in [0.25, 0.3) is 0 Å². The normalized spacial score (nSPS) is 29.4. The summed E-state index contributed by atoms with van der Waals surface area (Å²) in [5.41, 5.74) is 5.37. The zero-order valence-corrected chi connectivity index (χ0v) is 22.7. The molecule has 3 unspecified atom stereocenters. The van der Waals surface area contributed by atoms with Gasteiger partial charge in [-0.1, -0.05) is 18.2 Å². The van der Waals surface area contributed by atoms with Crippen LogP contribution in [-0.2, 0) is 38.0 Å². The zero-order valence-electron chi connectivity index (χ0n) is 20.0. The van der Waals surface area contributed by atoms with Gasteiger partial charge < -0.3 is 40.1 Å². The Labute approximate surface area is 224 Å². The van der Waals surface area contributed by atoms with Crippen molar-refractivity contribution in [3.8, 4) is 0 Å². The van der Waals surface area contributed by atoms with Crippen LogP contribution in [0.3, 0.4) is 0 Å². The van der Waals surface area contributed by atoms with Gasteiger partial charge in [0.1, 0.15) is 31.1 Å². The second-order valence-corrected chi connectivity index (χ2v) is 13.0. The highest BCUT2D eigenvalue weighted by Gasteiger charge is 2.48. The van der Waals surface area contributed by atoms with Gasteiger partial charge in [-0.3, -0.25) is 19.6 Å². The minimum atomic E-state index is -5.71. The van der Waals surface area contributed by atoms with Crippen LogP contribution in [0.15, 0.2) is 39.2 Å². The molecule has 6 atom stereocenters. The van der Waals surface area contributed by atoms with Crippen LogP contribution in [0.1, 0.15) is 12.0 Å². The highest BCUT2D eigenvalue weighted by atomic mass is 31.3. The van der Waals surface area contributed by atoms with E-state index in [9.17, 15) is 38.7 Å². The van der Waals surface area contributed by atoms with Gasteiger partial charge in [0.2, 0.25) is 0 Å². The predicted octanol–water partition coefficient (Wildman–Crippen LogP) is -0.234. The van der Waals surface area contributed by atoms with Crippen LogP contribution in [0.5, 0.6) is 0 Å². The number of phosphoric ester groups is 1. The van der Waals surface area contributed by atoms with Gasteiger partial charge in [0.15, 0.2) is 11.5 Å². The molecule has 0 saturated carbocycles. The number of aliphatic imine (C=N–C) groups is 3. The Morgan fingerprint density at radius 3 is 2.55 bits per heavy atom. The van der Waals surface area contributed by atoms with Gasteiger partial charge in [-0.2, -0.15) is 8.62 Å². The molecule has 40 heavy (non-hydrogen) atoms. The molecule has 0 aromatic heterocycles. The first kappa shape index (κ1) is 30.7. The van der Waals surface area contributed by atoms with E-state index in [0.717, 1.165) is 0 Å². The van der Waals surface area contributed by atoms with Crippen LogP contribution in [0, 0.1) is 10.1 Å². The Morgan fingerprint density at radius 1 is 1.18 bits per heavy atom. The molecule has 0 amide bonds. The van der Waals surface area contributed by atoms with E-state index in [4.69, 9.17) is 20.3 Å². The first-order valence-electron chi connectivity index (χ1n) is 11.1. The number of aliphatic hydroxyl groups excluding tert-OH is 1. The number of hydrogen-bond donors (Lipinski definition) is 6. The zero-order chi connectivity index (χ0) is 29.5. The molecule has 7 N–H and O–H groups in total. The fraction of sp³-hybridized carbons (Fsp3) is 0.471. The number of phosphoric acid groups is 3. The average molecular weight is 628 g/mol. The fourth-order valence-corrected chi connectivity index (χ4v) is 7.18. The number of para-hydroxylation sites is 1. The Balaban J connectivity index is 1.40. The monoisotopic (exact) mass is 628 g/mol. The Kier molecular flexibility index (Phi) is 8.58. The number of aliphatic hydroxyl groups is 1. The molecule has 3 aliphatic rings. The maximum absolute atomic E-state index is 12.0. The van der Waals surface area contributed by atoms with Crippen LogP contribution in [0.2, 0.25) is 0 Å². The third-order valence-electron chi connectivity index (χ3n) is 5.76. The summed E-state index contributed by atoms with van der Waals surface area (Å²) in [7, 11) is -16.7. The van der Waals surface area contributed by atoms with Crippen LogP contribution >= 0.6 is 23.5 Å². The van der Waals surface area contributed by atoms with E-state index >= 15 is 0 Å². The predicted molar refractivity (Wildman–Crippen MR) is 133 cm³/mol. The lowest BCUT2D eigenvalue weighted by atomic mass is 9.93. The lowest BCUT2D eigenvalue weighted by Crippen LogP contribution is -2.55. The topological polar surface area (TPSA) is 299 Å². The Morgan fingerprint density at radius 2 is 1.88 bits per heavy atom. The smallest absolute Gasteiger partial charge is 0.390 e. The molecule has 0 radical (unpaired) electrons. The standard InChI is InChI=1S/C17H23N6O14P3/c18-17(6-10-3-1-2-4-11(10)23(25)26)15-16(19-8-21-17)22(9-20-15)14-5-12(24)13(35-14)7-34-39(30,31)37-40(32,33)36-38(27,28)29/h1-4,8,12-14,24H,5-7,9,18H2,(H,30,31)(H,32,33)(H2,27,28,29)/t12-,13+,14+,17?/m0/s1. The molecule has 20 nitrogen and oxygen atoms in total. The van der Waals surface area contributed by atoms with Crippen molar-refractivity contribution in [1.29, 1.82) is 0 Å². The molecule has 0 bridgehead atoms. The minimum Gasteiger partial charge on any atom is -0.390 e. The molecule has 0 aliphatic carbocycles. The first-order chi connectivity index (χ1) is 18.5. The number of amidine groups is 1. The second kappa shape index (κ2) is 11.2. The van der Waals surface area contributed by atoms with Crippen molar-refractivity contribution in [2.45, 2.75) is 36.9 Å². The number of nitro benzene ring substituents is 1. The molecule has 4 rings (SSSR count). The Bertz CT molecular complexity index is 1420. The van der Waals surface area contributed by atoms with E-state index in [2.05, 4.69) is 28.1 Å². The highest BCUT2D eigenvalue weighted by molar-refractivity contribution is 7.66. The number of nitrogens with zero attached hydrogens (tertiary/aromatic N) is 5. The number of rotatable bonds is 11. The van der Waals surface area contributed by atoms with E-state index in [0.29, 0.717) is 5.56 Å². The van der Waals surface area contributed by atoms with Gasteiger partial charge in [-0.05, 0) is 0 Å². The van der Waals surface area contributed by atoms with Crippen molar-refractivity contribution in [2.75, 3.05) is 13.3 Å². The molecule has 3 heterocycles. The molecule has 1 saturated heterocycles. The van der Waals surface area contributed by atoms with E-state index in [1.807, 2.05) is 0 Å². The molecular weight excluding hydrogens is 605 g/mol. The van der Waals surface area contributed by atoms with E-state index in [1.54, 1.807) is 12.1 Å². The third-order valence-corrected chi connectivity index (χ3v) is 9.56. The summed E-state index contributed by atoms with van der Waals surface area (Å²) in [6.07, 6.45) is -2.46. The number of nitrogens with two attached hydrogens (primary N) is 1. The number of benzene rings is 1. The lowest BCUT2D eigenvalue weighted by Gasteiger charge is -2.31. The van der Waals surface area contributed by atoms with E-state index in [-0.39, 0.29) is 36.7 Å². The third kappa shape index (κ3) is 7.13. The number of ether oxygens (including phenoxy) is 1. The van der Waals surface area contributed by atoms with Gasteiger partial charge in [0, 0.05) is 24.5 Å². The van der Waals surface area contributed by atoms with E-state index < -0.39 is 59.1 Å². The van der Waals surface area contributed by atoms with Crippen LogP contribution in [-0.4, -0.2) is 89.8 Å². The quantitative estimate of drug-likeness (QED) is 0.105. The maximum Gasteiger partial charge on any atom is 0.490 e. The van der Waals surface area contributed by atoms with Gasteiger partial charge >= 0.3 is 23.5 Å². The van der Waals surface area contributed by atoms with Crippen LogP contribution in [0.4, 0.5) is 5.69 Å². The largest absolute Gasteiger partial charge is 0.490 e. The van der Waals surface area contributed by atoms with Crippen molar-refractivity contribution in [1.82, 2.24) is 4.90 Å². The summed E-state index contributed by atoms with van der Waals surface area (Å²) < 4.78 is 51.7. The summed E-state index contributed by atoms with van der Waals surface area (Å²) in [4.78, 5) is 61.2. The molecule has 3 aliphatic heterocycles. The van der Waals surface area contributed by atoms with Gasteiger partial charge in [-0.15, -0.1) is 0 Å². The summed E-state index contributed by atoms with van der Waals surface area (Å²) in [5, 5.41) is 21.8. The maximum atomic E-state index is 12.0. The number of hydrogen-bond acceptors (Lipinski definition) is 15. The first-order valence-corrected chi connectivity index (χ1v) is 15.6. The van der Waals surface area contributed by atoms with Crippen molar-refractivity contribution in [2.24, 2.45) is 20.7 Å². The summed E-state index contributed by atoms with van der Waals surface area (Å²) in [5.74, 6) is 0.224. The summed E-state index contributed by atoms with van der Waals surface area (Å²) >= 11 is 0. The lowest BCUT2D eigenvalue weighted by molar-refractivity contribution is -0.385. The van der Waals surface area contributed by atoms with Crippen LogP contribution < -0.4 is 5.73 Å². The van der Waals surface area contributed by atoms with Crippen molar-refractivity contribution < 1.29 is 61.2 Å². The van der Waals surface area contributed by atoms with Crippen molar-refractivity contribution >= 4 is 47.0 Å². The highest BCUT2D eigenvalue weighted by Crippen LogP contribution is 2.66. The van der Waals surface area contributed by atoms with Crippen molar-refractivity contribution in [3.63, 3.8) is 0 Å². The van der Waals surface area contributed by atoms with Gasteiger partial charge in [-0.25, -0.2) is 23.7 Å². The number of nitro groups is 1. The second-order valence-electron chi connectivity index (χ2n) is 8.62. The molecular formula is C17H23N6O14P3. The molecule has 0 spiro atoms. The number of fused-ring (bicyclic) bond motifs is 1. The summed E-state index contributed by atoms with van der Waals surface area (Å²) in [6, 6.07) is 6.01. The Hall–Kier alpha value is -2.28. The minimum absolute atomic E-state index is 0.0483.